The Kier molecular flexibility index (Phi) is 10.7. The number of ether oxygens (including phenoxy) is 1. The molecule has 2 aromatic carbocycles. The molecule has 14 heteroatoms. The van der Waals surface area contributed by atoms with E-state index in [-0.39, 0.29) is 54.3 Å². The third-order valence-electron chi connectivity index (χ3n) is 6.79. The van der Waals surface area contributed by atoms with Crippen LogP contribution in [0.25, 0.3) is 0 Å². The SMILES string of the molecule is C[C@@H]1CN([C@H](C)CO)C(=O)Cc2cc(NC(=O)CCC(F)(F)F)ccc2O[C@H]1CN(C)S(=O)(=O)c1ccc(Cl)cc1. The van der Waals surface area contributed by atoms with Gasteiger partial charge in [-0.15, -0.1) is 0 Å². The van der Waals surface area contributed by atoms with Gasteiger partial charge in [0.15, 0.2) is 0 Å². The molecule has 41 heavy (non-hydrogen) atoms. The Balaban J connectivity index is 1.92. The largest absolute Gasteiger partial charge is 0.488 e. The first-order valence-corrected chi connectivity index (χ1v) is 14.7. The number of halogens is 4. The Hall–Kier alpha value is -2.87. The number of likely N-dealkylation sites (N-methyl/N-ethyl adjacent to an activating group) is 1. The summed E-state index contributed by atoms with van der Waals surface area (Å²) in [6.45, 7) is 3.24. The number of carbonyl (C=O) groups is 2. The molecule has 0 fully saturated rings. The van der Waals surface area contributed by atoms with Crippen LogP contribution < -0.4 is 10.1 Å². The topological polar surface area (TPSA) is 116 Å². The fourth-order valence-corrected chi connectivity index (χ4v) is 5.65. The molecule has 9 nitrogen and oxygen atoms in total. The van der Waals surface area contributed by atoms with Crippen LogP contribution in [-0.4, -0.2) is 79.6 Å². The molecule has 1 aliphatic rings. The highest BCUT2D eigenvalue weighted by atomic mass is 35.5. The van der Waals surface area contributed by atoms with Gasteiger partial charge in [-0.1, -0.05) is 18.5 Å². The smallest absolute Gasteiger partial charge is 0.389 e. The molecule has 0 saturated carbocycles. The van der Waals surface area contributed by atoms with E-state index in [0.29, 0.717) is 10.6 Å². The van der Waals surface area contributed by atoms with Crippen molar-refractivity contribution in [2.24, 2.45) is 5.92 Å². The average molecular weight is 620 g/mol. The second-order valence-electron chi connectivity index (χ2n) is 10.1. The van der Waals surface area contributed by atoms with Crippen molar-refractivity contribution >= 4 is 39.1 Å². The van der Waals surface area contributed by atoms with E-state index in [0.717, 1.165) is 4.31 Å². The van der Waals surface area contributed by atoms with E-state index in [4.69, 9.17) is 16.3 Å². The van der Waals surface area contributed by atoms with Gasteiger partial charge in [0.25, 0.3) is 0 Å². The van der Waals surface area contributed by atoms with Crippen molar-refractivity contribution < 1.29 is 41.0 Å². The molecule has 3 rings (SSSR count). The number of hydrogen-bond acceptors (Lipinski definition) is 6. The van der Waals surface area contributed by atoms with Crippen molar-refractivity contribution in [2.45, 2.75) is 56.3 Å². The van der Waals surface area contributed by atoms with Gasteiger partial charge in [0, 0.05) is 42.2 Å². The van der Waals surface area contributed by atoms with Gasteiger partial charge < -0.3 is 20.1 Å². The van der Waals surface area contributed by atoms with Gasteiger partial charge in [-0.2, -0.15) is 17.5 Å². The quantitative estimate of drug-likeness (QED) is 0.437. The zero-order chi connectivity index (χ0) is 30.5. The number of carbonyl (C=O) groups excluding carboxylic acids is 2. The second kappa shape index (κ2) is 13.4. The first kappa shape index (κ1) is 32.6. The number of nitrogens with zero attached hydrogens (tertiary/aromatic N) is 2. The number of rotatable bonds is 9. The van der Waals surface area contributed by atoms with Gasteiger partial charge in [-0.25, -0.2) is 8.42 Å². The monoisotopic (exact) mass is 619 g/mol. The summed E-state index contributed by atoms with van der Waals surface area (Å²) >= 11 is 5.90. The van der Waals surface area contributed by atoms with Crippen molar-refractivity contribution in [1.82, 2.24) is 9.21 Å². The number of amides is 2. The summed E-state index contributed by atoms with van der Waals surface area (Å²) in [7, 11) is -2.51. The van der Waals surface area contributed by atoms with Crippen molar-refractivity contribution in [3.05, 3.63) is 53.1 Å². The zero-order valence-electron chi connectivity index (χ0n) is 22.8. The zero-order valence-corrected chi connectivity index (χ0v) is 24.4. The Bertz CT molecular complexity index is 1340. The van der Waals surface area contributed by atoms with E-state index in [1.165, 1.54) is 54.4 Å². The first-order chi connectivity index (χ1) is 19.1. The summed E-state index contributed by atoms with van der Waals surface area (Å²) in [6, 6.07) is 9.55. The molecule has 0 bridgehead atoms. The van der Waals surface area contributed by atoms with Crippen molar-refractivity contribution in [2.75, 3.05) is 32.1 Å². The molecule has 0 unspecified atom stereocenters. The molecular formula is C27H33ClF3N3O6S. The average Bonchev–Trinajstić information content (AvgIpc) is 2.94. The van der Waals surface area contributed by atoms with Gasteiger partial charge in [-0.05, 0) is 49.4 Å². The fraction of sp³-hybridized carbons (Fsp3) is 0.481. The van der Waals surface area contributed by atoms with Crippen molar-refractivity contribution in [1.29, 1.82) is 0 Å². The maximum absolute atomic E-state index is 13.3. The molecule has 2 amide bonds. The third kappa shape index (κ3) is 8.81. The Morgan fingerprint density at radius 1 is 1.24 bits per heavy atom. The highest BCUT2D eigenvalue weighted by Gasteiger charge is 2.34. The van der Waals surface area contributed by atoms with Crippen LogP contribution in [0.15, 0.2) is 47.4 Å². The maximum atomic E-state index is 13.3. The summed E-state index contributed by atoms with van der Waals surface area (Å²) in [5.41, 5.74) is 0.529. The standard InChI is InChI=1S/C27H33ClF3N3O6S/c1-17-14-34(18(2)16-35)26(37)13-19-12-21(32-25(36)10-11-27(29,30)31)6-9-23(19)40-24(17)15-33(3)41(38,39)22-7-4-20(28)5-8-22/h4-9,12,17-18,24,35H,10-11,13-16H2,1-3H3,(H,32,36)/t17-,18-,24+/m1/s1. The number of aliphatic hydroxyl groups excluding tert-OH is 1. The van der Waals surface area contributed by atoms with Crippen LogP contribution >= 0.6 is 11.6 Å². The van der Waals surface area contributed by atoms with Gasteiger partial charge in [0.1, 0.15) is 11.9 Å². The lowest BCUT2D eigenvalue weighted by molar-refractivity contribution is -0.142. The molecule has 2 aromatic rings. The van der Waals surface area contributed by atoms with Crippen LogP contribution in [0.2, 0.25) is 5.02 Å². The first-order valence-electron chi connectivity index (χ1n) is 12.9. The number of fused-ring (bicyclic) bond motifs is 1. The predicted molar refractivity (Wildman–Crippen MR) is 147 cm³/mol. The second-order valence-corrected chi connectivity index (χ2v) is 12.6. The summed E-state index contributed by atoms with van der Waals surface area (Å²) in [5.74, 6) is -1.30. The number of alkyl halides is 3. The summed E-state index contributed by atoms with van der Waals surface area (Å²) in [6.07, 6.45) is -7.43. The number of aliphatic hydroxyl groups is 1. The van der Waals surface area contributed by atoms with Gasteiger partial charge in [0.2, 0.25) is 21.8 Å². The molecule has 226 valence electrons. The van der Waals surface area contributed by atoms with Crippen molar-refractivity contribution in [3.8, 4) is 5.75 Å². The number of benzene rings is 2. The molecule has 2 N–H and O–H groups in total. The Morgan fingerprint density at radius 3 is 2.51 bits per heavy atom. The maximum Gasteiger partial charge on any atom is 0.389 e. The van der Waals surface area contributed by atoms with Crippen LogP contribution in [-0.2, 0) is 26.0 Å². The highest BCUT2D eigenvalue weighted by molar-refractivity contribution is 7.89. The summed E-state index contributed by atoms with van der Waals surface area (Å²) in [5, 5.41) is 12.6. The molecule has 0 radical (unpaired) electrons. The minimum atomic E-state index is -4.48. The number of hydrogen-bond donors (Lipinski definition) is 2. The predicted octanol–water partition coefficient (Wildman–Crippen LogP) is 4.09. The lowest BCUT2D eigenvalue weighted by Crippen LogP contribution is -2.48. The van der Waals surface area contributed by atoms with Crippen LogP contribution in [0.3, 0.4) is 0 Å². The van der Waals surface area contributed by atoms with E-state index < -0.39 is 47.1 Å². The van der Waals surface area contributed by atoms with E-state index in [2.05, 4.69) is 5.32 Å². The highest BCUT2D eigenvalue weighted by Crippen LogP contribution is 2.30. The molecule has 3 atom stereocenters. The molecule has 0 saturated heterocycles. The van der Waals surface area contributed by atoms with Crippen LogP contribution in [0.5, 0.6) is 5.75 Å². The summed E-state index contributed by atoms with van der Waals surface area (Å²) in [4.78, 5) is 26.9. The molecule has 1 heterocycles. The number of anilines is 1. The lowest BCUT2D eigenvalue weighted by atomic mass is 10.0. The van der Waals surface area contributed by atoms with E-state index in [1.54, 1.807) is 13.8 Å². The molecular weight excluding hydrogens is 587 g/mol. The van der Waals surface area contributed by atoms with Crippen LogP contribution in [0, 0.1) is 5.92 Å². The summed E-state index contributed by atoms with van der Waals surface area (Å²) < 4.78 is 71.5. The fourth-order valence-electron chi connectivity index (χ4n) is 4.34. The van der Waals surface area contributed by atoms with Gasteiger partial charge in [-0.3, -0.25) is 9.59 Å². The third-order valence-corrected chi connectivity index (χ3v) is 8.88. The normalized spacial score (nSPS) is 19.0. The minimum absolute atomic E-state index is 0.0390. The number of sulfonamides is 1. The lowest BCUT2D eigenvalue weighted by Gasteiger charge is -2.33. The molecule has 0 aliphatic carbocycles. The van der Waals surface area contributed by atoms with Crippen LogP contribution in [0.1, 0.15) is 32.3 Å². The Labute approximate surface area is 242 Å². The van der Waals surface area contributed by atoms with Gasteiger partial charge >= 0.3 is 6.18 Å². The molecule has 0 spiro atoms. The van der Waals surface area contributed by atoms with E-state index in [1.807, 2.05) is 0 Å². The number of nitrogens with one attached hydrogen (secondary N) is 1. The molecule has 1 aliphatic heterocycles. The Morgan fingerprint density at radius 2 is 1.90 bits per heavy atom. The van der Waals surface area contributed by atoms with Crippen molar-refractivity contribution in [3.63, 3.8) is 0 Å². The van der Waals surface area contributed by atoms with E-state index >= 15 is 0 Å². The minimum Gasteiger partial charge on any atom is -0.488 e. The van der Waals surface area contributed by atoms with E-state index in [9.17, 15) is 36.3 Å². The molecule has 0 aromatic heterocycles. The van der Waals surface area contributed by atoms with Crippen LogP contribution in [0.4, 0.5) is 18.9 Å². The van der Waals surface area contributed by atoms with Gasteiger partial charge in [0.05, 0.1) is 36.9 Å².